The van der Waals surface area contributed by atoms with Crippen LogP contribution in [0, 0.1) is 5.92 Å². The highest BCUT2D eigenvalue weighted by atomic mass is 16.5. The molecule has 0 radical (unpaired) electrons. The lowest BCUT2D eigenvalue weighted by Crippen LogP contribution is -2.65. The summed E-state index contributed by atoms with van der Waals surface area (Å²) in [6.07, 6.45) is 4.42. The highest BCUT2D eigenvalue weighted by Gasteiger charge is 2.49. The predicted molar refractivity (Wildman–Crippen MR) is 131 cm³/mol. The summed E-state index contributed by atoms with van der Waals surface area (Å²) in [4.78, 5) is 34.1. The standard InChI is InChI=1S/C27H32N4O3/c1-18-9-4-5-12-21(18)29-26(33)27(2)17-30-23-14-7-6-13-22(23)28-24(30)25(32)31(27)16-19-10-8-11-20(15-19)34-3/h6-8,10-11,13-15,18,21H,4-5,9,12,16-17H2,1-3H3,(H,29,33)/t18-,21+,27+/m0/s1. The van der Waals surface area contributed by atoms with Gasteiger partial charge in [-0.1, -0.05) is 44.0 Å². The molecule has 0 bridgehead atoms. The molecule has 3 aromatic rings. The zero-order chi connectivity index (χ0) is 23.9. The van der Waals surface area contributed by atoms with Crippen molar-refractivity contribution >= 4 is 22.8 Å². The Bertz CT molecular complexity index is 1240. The van der Waals surface area contributed by atoms with Gasteiger partial charge in [-0.3, -0.25) is 9.59 Å². The van der Waals surface area contributed by atoms with Crippen molar-refractivity contribution in [1.29, 1.82) is 0 Å². The quantitative estimate of drug-likeness (QED) is 0.621. The normalized spacial score (nSPS) is 24.7. The number of nitrogens with one attached hydrogen (secondary N) is 1. The average Bonchev–Trinajstić information content (AvgIpc) is 3.22. The van der Waals surface area contributed by atoms with Gasteiger partial charge < -0.3 is 19.5 Å². The lowest BCUT2D eigenvalue weighted by atomic mass is 9.85. The Morgan fingerprint density at radius 1 is 1.18 bits per heavy atom. The molecule has 1 fully saturated rings. The number of benzene rings is 2. The number of methoxy groups -OCH3 is 1. The van der Waals surface area contributed by atoms with Crippen LogP contribution in [-0.2, 0) is 17.9 Å². The van der Waals surface area contributed by atoms with E-state index in [1.54, 1.807) is 12.0 Å². The summed E-state index contributed by atoms with van der Waals surface area (Å²) in [6, 6.07) is 15.5. The van der Waals surface area contributed by atoms with Crippen molar-refractivity contribution in [2.45, 2.75) is 64.2 Å². The van der Waals surface area contributed by atoms with Crippen LogP contribution in [0.15, 0.2) is 48.5 Å². The Morgan fingerprint density at radius 3 is 2.76 bits per heavy atom. The minimum Gasteiger partial charge on any atom is -0.497 e. The van der Waals surface area contributed by atoms with Crippen LogP contribution in [0.5, 0.6) is 5.75 Å². The number of ether oxygens (including phenoxy) is 1. The van der Waals surface area contributed by atoms with Crippen LogP contribution in [0.4, 0.5) is 0 Å². The molecule has 0 spiro atoms. The van der Waals surface area contributed by atoms with Gasteiger partial charge in [0.1, 0.15) is 11.3 Å². The maximum absolute atomic E-state index is 13.9. The Morgan fingerprint density at radius 2 is 1.97 bits per heavy atom. The number of amides is 2. The van der Waals surface area contributed by atoms with Gasteiger partial charge in [0, 0.05) is 12.6 Å². The van der Waals surface area contributed by atoms with Crippen molar-refractivity contribution < 1.29 is 14.3 Å². The van der Waals surface area contributed by atoms with E-state index in [9.17, 15) is 9.59 Å². The maximum atomic E-state index is 13.9. The summed E-state index contributed by atoms with van der Waals surface area (Å²) in [5.74, 6) is 1.18. The molecule has 2 heterocycles. The number of nitrogens with zero attached hydrogens (tertiary/aromatic N) is 3. The predicted octanol–water partition coefficient (Wildman–Crippen LogP) is 4.15. The van der Waals surface area contributed by atoms with E-state index in [0.717, 1.165) is 41.6 Å². The second-order valence-corrected chi connectivity index (χ2v) is 9.87. The van der Waals surface area contributed by atoms with E-state index < -0.39 is 5.54 Å². The fraction of sp³-hybridized carbons (Fsp3) is 0.444. The van der Waals surface area contributed by atoms with Gasteiger partial charge in [-0.15, -0.1) is 0 Å². The fourth-order valence-corrected chi connectivity index (χ4v) is 5.39. The van der Waals surface area contributed by atoms with Crippen LogP contribution in [0.25, 0.3) is 11.0 Å². The molecule has 2 aliphatic rings. The molecule has 1 aliphatic carbocycles. The smallest absolute Gasteiger partial charge is 0.291 e. The molecule has 1 saturated carbocycles. The monoisotopic (exact) mass is 460 g/mol. The maximum Gasteiger partial charge on any atom is 0.291 e. The number of rotatable bonds is 5. The number of carbonyl (C=O) groups is 2. The van der Waals surface area contributed by atoms with Crippen LogP contribution in [0.2, 0.25) is 0 Å². The summed E-state index contributed by atoms with van der Waals surface area (Å²) < 4.78 is 7.29. The van der Waals surface area contributed by atoms with Crippen molar-refractivity contribution in [2.24, 2.45) is 5.92 Å². The van der Waals surface area contributed by atoms with Crippen molar-refractivity contribution in [1.82, 2.24) is 19.8 Å². The topological polar surface area (TPSA) is 76.5 Å². The lowest BCUT2D eigenvalue weighted by molar-refractivity contribution is -0.134. The van der Waals surface area contributed by atoms with Gasteiger partial charge in [0.05, 0.1) is 24.7 Å². The Hall–Kier alpha value is -3.35. The first kappa shape index (κ1) is 22.4. The van der Waals surface area contributed by atoms with Gasteiger partial charge in [0.2, 0.25) is 5.91 Å². The summed E-state index contributed by atoms with van der Waals surface area (Å²) in [5.41, 5.74) is 1.48. The van der Waals surface area contributed by atoms with Crippen molar-refractivity contribution in [2.75, 3.05) is 7.11 Å². The molecule has 7 heteroatoms. The van der Waals surface area contributed by atoms with Crippen molar-refractivity contribution in [3.63, 3.8) is 0 Å². The molecule has 3 atom stereocenters. The van der Waals surface area contributed by atoms with E-state index >= 15 is 0 Å². The number of hydrogen-bond acceptors (Lipinski definition) is 4. The van der Waals surface area contributed by atoms with Crippen LogP contribution in [0.1, 0.15) is 55.7 Å². The van der Waals surface area contributed by atoms with Crippen molar-refractivity contribution in [3.8, 4) is 5.75 Å². The van der Waals surface area contributed by atoms with Gasteiger partial charge in [0.15, 0.2) is 5.82 Å². The number of hydrogen-bond donors (Lipinski definition) is 1. The third-order valence-electron chi connectivity index (χ3n) is 7.54. The third kappa shape index (κ3) is 3.83. The highest BCUT2D eigenvalue weighted by molar-refractivity contribution is 6.01. The van der Waals surface area contributed by atoms with Crippen LogP contribution in [-0.4, -0.2) is 45.0 Å². The second-order valence-electron chi connectivity index (χ2n) is 9.87. The molecule has 1 aliphatic heterocycles. The molecule has 1 aromatic heterocycles. The SMILES string of the molecule is COc1cccc(CN2C(=O)c3nc4ccccc4n3C[C@]2(C)C(=O)N[C@@H]2CCCC[C@@H]2C)c1. The average molecular weight is 461 g/mol. The van der Waals surface area contributed by atoms with Gasteiger partial charge in [-0.2, -0.15) is 0 Å². The largest absolute Gasteiger partial charge is 0.497 e. The molecule has 5 rings (SSSR count). The van der Waals surface area contributed by atoms with Gasteiger partial charge in [-0.25, -0.2) is 4.98 Å². The van der Waals surface area contributed by atoms with Crippen molar-refractivity contribution in [3.05, 3.63) is 59.9 Å². The molecule has 0 unspecified atom stereocenters. The molecule has 178 valence electrons. The first-order valence-corrected chi connectivity index (χ1v) is 12.1. The number of carbonyl (C=O) groups excluding carboxylic acids is 2. The van der Waals surface area contributed by atoms with E-state index in [2.05, 4.69) is 17.2 Å². The molecule has 2 aromatic carbocycles. The van der Waals surface area contributed by atoms with Crippen LogP contribution >= 0.6 is 0 Å². The zero-order valence-corrected chi connectivity index (χ0v) is 20.1. The molecule has 0 saturated heterocycles. The lowest BCUT2D eigenvalue weighted by Gasteiger charge is -2.44. The summed E-state index contributed by atoms with van der Waals surface area (Å²) in [7, 11) is 1.62. The van der Waals surface area contributed by atoms with E-state index in [0.29, 0.717) is 24.8 Å². The van der Waals surface area contributed by atoms with E-state index in [1.165, 1.54) is 6.42 Å². The number of fused-ring (bicyclic) bond motifs is 3. The molecule has 2 amide bonds. The minimum atomic E-state index is -1.06. The Balaban J connectivity index is 1.55. The fourth-order valence-electron chi connectivity index (χ4n) is 5.39. The Kier molecular flexibility index (Phi) is 5.80. The number of imidazole rings is 1. The summed E-state index contributed by atoms with van der Waals surface area (Å²) >= 11 is 0. The summed E-state index contributed by atoms with van der Waals surface area (Å²) in [6.45, 7) is 4.73. The molecule has 1 N–H and O–H groups in total. The molecular weight excluding hydrogens is 428 g/mol. The van der Waals surface area contributed by atoms with Crippen LogP contribution < -0.4 is 10.1 Å². The third-order valence-corrected chi connectivity index (χ3v) is 7.54. The second kappa shape index (κ2) is 8.78. The van der Waals surface area contributed by atoms with Gasteiger partial charge >= 0.3 is 0 Å². The molecule has 7 nitrogen and oxygen atoms in total. The number of aromatic nitrogens is 2. The highest BCUT2D eigenvalue weighted by Crippen LogP contribution is 2.33. The van der Waals surface area contributed by atoms with E-state index in [1.807, 2.05) is 60.0 Å². The van der Waals surface area contributed by atoms with Gasteiger partial charge in [0.25, 0.3) is 5.91 Å². The first-order valence-electron chi connectivity index (χ1n) is 12.1. The molecular formula is C27H32N4O3. The first-order chi connectivity index (χ1) is 16.4. The minimum absolute atomic E-state index is 0.106. The van der Waals surface area contributed by atoms with Gasteiger partial charge in [-0.05, 0) is 55.5 Å². The van der Waals surface area contributed by atoms with E-state index in [-0.39, 0.29) is 17.9 Å². The Labute approximate surface area is 200 Å². The zero-order valence-electron chi connectivity index (χ0n) is 20.1. The van der Waals surface area contributed by atoms with Crippen LogP contribution in [0.3, 0.4) is 0 Å². The molecule has 34 heavy (non-hydrogen) atoms. The van der Waals surface area contributed by atoms with E-state index in [4.69, 9.17) is 4.74 Å². The summed E-state index contributed by atoms with van der Waals surface area (Å²) in [5, 5.41) is 3.32. The number of para-hydroxylation sites is 2.